The van der Waals surface area contributed by atoms with E-state index in [0.29, 0.717) is 17.1 Å². The lowest BCUT2D eigenvalue weighted by Crippen LogP contribution is -2.36. The molecule has 1 aliphatic rings. The molecule has 1 fully saturated rings. The molecular weight excluding hydrogens is 252 g/mol. The third-order valence-corrected chi connectivity index (χ3v) is 3.62. The van der Waals surface area contributed by atoms with E-state index in [9.17, 15) is 0 Å². The van der Waals surface area contributed by atoms with Gasteiger partial charge in [-0.25, -0.2) is 0 Å². The number of nitrogens with zero attached hydrogens (tertiary/aromatic N) is 2. The summed E-state index contributed by atoms with van der Waals surface area (Å²) in [6.45, 7) is 1.83. The molecule has 0 saturated carbocycles. The van der Waals surface area contributed by atoms with E-state index < -0.39 is 0 Å². The molecule has 1 aromatic carbocycles. The standard InChI is InChI=1S/C13H15ClN2O2/c1-17-10-4-6-16(7-5-10)13-15-11-8-9(14)2-3-12(11)18-13/h2-3,8,10H,4-7H2,1H3. The zero-order valence-corrected chi connectivity index (χ0v) is 11.0. The second-order valence-corrected chi connectivity index (χ2v) is 4.97. The second-order valence-electron chi connectivity index (χ2n) is 4.53. The molecule has 4 nitrogen and oxygen atoms in total. The van der Waals surface area contributed by atoms with Crippen LogP contribution in [0.3, 0.4) is 0 Å². The summed E-state index contributed by atoms with van der Waals surface area (Å²) in [6, 6.07) is 6.18. The van der Waals surface area contributed by atoms with E-state index in [-0.39, 0.29) is 0 Å². The number of aromatic nitrogens is 1. The van der Waals surface area contributed by atoms with Crippen molar-refractivity contribution in [3.63, 3.8) is 0 Å². The first-order chi connectivity index (χ1) is 8.76. The highest BCUT2D eigenvalue weighted by molar-refractivity contribution is 6.31. The predicted molar refractivity (Wildman–Crippen MR) is 71.3 cm³/mol. The molecule has 0 bridgehead atoms. The summed E-state index contributed by atoms with van der Waals surface area (Å²) in [5, 5.41) is 0.681. The minimum atomic E-state index is 0.361. The SMILES string of the molecule is COC1CCN(c2nc3cc(Cl)ccc3o2)CC1. The van der Waals surface area contributed by atoms with Gasteiger partial charge in [0.1, 0.15) is 5.52 Å². The van der Waals surface area contributed by atoms with E-state index in [2.05, 4.69) is 9.88 Å². The zero-order valence-electron chi connectivity index (χ0n) is 10.2. The van der Waals surface area contributed by atoms with E-state index >= 15 is 0 Å². The monoisotopic (exact) mass is 266 g/mol. The van der Waals surface area contributed by atoms with Crippen LogP contribution >= 0.6 is 11.6 Å². The van der Waals surface area contributed by atoms with Gasteiger partial charge >= 0.3 is 0 Å². The predicted octanol–water partition coefficient (Wildman–Crippen LogP) is 3.10. The van der Waals surface area contributed by atoms with Gasteiger partial charge < -0.3 is 14.1 Å². The van der Waals surface area contributed by atoms with Crippen molar-refractivity contribution in [3.05, 3.63) is 23.2 Å². The van der Waals surface area contributed by atoms with Crippen LogP contribution in [0.2, 0.25) is 5.02 Å². The number of benzene rings is 1. The van der Waals surface area contributed by atoms with Crippen LogP contribution in [0.25, 0.3) is 11.1 Å². The number of rotatable bonds is 2. The third-order valence-electron chi connectivity index (χ3n) is 3.38. The van der Waals surface area contributed by atoms with Crippen LogP contribution in [0.15, 0.2) is 22.6 Å². The van der Waals surface area contributed by atoms with Gasteiger partial charge in [0.25, 0.3) is 6.01 Å². The fourth-order valence-corrected chi connectivity index (χ4v) is 2.47. The van der Waals surface area contributed by atoms with E-state index in [1.807, 2.05) is 18.2 Å². The van der Waals surface area contributed by atoms with Gasteiger partial charge in [0, 0.05) is 25.2 Å². The summed E-state index contributed by atoms with van der Waals surface area (Å²) < 4.78 is 11.1. The number of methoxy groups -OCH3 is 1. The summed E-state index contributed by atoms with van der Waals surface area (Å²) in [4.78, 5) is 6.64. The molecule has 18 heavy (non-hydrogen) atoms. The Hall–Kier alpha value is -1.26. The molecule has 2 heterocycles. The summed E-state index contributed by atoms with van der Waals surface area (Å²) in [7, 11) is 1.77. The number of anilines is 1. The van der Waals surface area contributed by atoms with Crippen molar-refractivity contribution >= 4 is 28.7 Å². The highest BCUT2D eigenvalue weighted by atomic mass is 35.5. The lowest BCUT2D eigenvalue weighted by Gasteiger charge is -2.29. The number of fused-ring (bicyclic) bond motifs is 1. The van der Waals surface area contributed by atoms with Crippen LogP contribution in [-0.4, -0.2) is 31.3 Å². The molecule has 0 amide bonds. The van der Waals surface area contributed by atoms with E-state index in [0.717, 1.165) is 37.0 Å². The minimum Gasteiger partial charge on any atom is -0.423 e. The normalized spacial score (nSPS) is 17.6. The van der Waals surface area contributed by atoms with Crippen molar-refractivity contribution in [1.29, 1.82) is 0 Å². The largest absolute Gasteiger partial charge is 0.423 e. The third kappa shape index (κ3) is 2.18. The number of oxazole rings is 1. The lowest BCUT2D eigenvalue weighted by molar-refractivity contribution is 0.0811. The Labute approximate surface area is 110 Å². The average Bonchev–Trinajstić information content (AvgIpc) is 2.81. The average molecular weight is 267 g/mol. The first-order valence-electron chi connectivity index (χ1n) is 6.10. The molecule has 0 aliphatic carbocycles. The van der Waals surface area contributed by atoms with Crippen LogP contribution in [0.4, 0.5) is 6.01 Å². The molecule has 1 aromatic heterocycles. The Balaban J connectivity index is 1.82. The lowest BCUT2D eigenvalue weighted by atomic mass is 10.1. The van der Waals surface area contributed by atoms with E-state index in [1.165, 1.54) is 0 Å². The maximum atomic E-state index is 5.94. The van der Waals surface area contributed by atoms with Gasteiger partial charge in [-0.2, -0.15) is 4.98 Å². The van der Waals surface area contributed by atoms with E-state index in [4.69, 9.17) is 20.8 Å². The minimum absolute atomic E-state index is 0.361. The van der Waals surface area contributed by atoms with Crippen LogP contribution in [0.1, 0.15) is 12.8 Å². The van der Waals surface area contributed by atoms with Crippen molar-refractivity contribution in [1.82, 2.24) is 4.98 Å². The summed E-state index contributed by atoms with van der Waals surface area (Å²) >= 11 is 5.94. The van der Waals surface area contributed by atoms with Crippen LogP contribution < -0.4 is 4.90 Å². The van der Waals surface area contributed by atoms with Gasteiger partial charge in [-0.1, -0.05) is 11.6 Å². The Kier molecular flexibility index (Phi) is 3.14. The van der Waals surface area contributed by atoms with Crippen molar-refractivity contribution in [2.45, 2.75) is 18.9 Å². The molecule has 96 valence electrons. The molecule has 3 rings (SSSR count). The number of ether oxygens (including phenoxy) is 1. The fourth-order valence-electron chi connectivity index (χ4n) is 2.31. The Morgan fingerprint density at radius 1 is 1.39 bits per heavy atom. The fraction of sp³-hybridized carbons (Fsp3) is 0.462. The first-order valence-corrected chi connectivity index (χ1v) is 6.48. The quantitative estimate of drug-likeness (QED) is 0.837. The Morgan fingerprint density at radius 3 is 2.89 bits per heavy atom. The molecular formula is C13H15ClN2O2. The number of piperidine rings is 1. The number of hydrogen-bond acceptors (Lipinski definition) is 4. The topological polar surface area (TPSA) is 38.5 Å². The summed E-state index contributed by atoms with van der Waals surface area (Å²) in [5.74, 6) is 0. The molecule has 0 unspecified atom stereocenters. The second kappa shape index (κ2) is 4.78. The number of hydrogen-bond donors (Lipinski definition) is 0. The molecule has 0 spiro atoms. The molecule has 0 atom stereocenters. The van der Waals surface area contributed by atoms with Gasteiger partial charge in [-0.15, -0.1) is 0 Å². The Bertz CT molecular complexity index is 547. The van der Waals surface area contributed by atoms with Gasteiger partial charge in [-0.05, 0) is 31.0 Å². The van der Waals surface area contributed by atoms with Crippen molar-refractivity contribution in [2.24, 2.45) is 0 Å². The molecule has 2 aromatic rings. The van der Waals surface area contributed by atoms with Gasteiger partial charge in [0.15, 0.2) is 5.58 Å². The highest BCUT2D eigenvalue weighted by Crippen LogP contribution is 2.26. The molecule has 0 N–H and O–H groups in total. The summed E-state index contributed by atoms with van der Waals surface area (Å²) in [6.07, 6.45) is 2.38. The summed E-state index contributed by atoms with van der Waals surface area (Å²) in [5.41, 5.74) is 1.59. The van der Waals surface area contributed by atoms with Gasteiger partial charge in [-0.3, -0.25) is 0 Å². The molecule has 1 aliphatic heterocycles. The molecule has 1 saturated heterocycles. The van der Waals surface area contributed by atoms with Gasteiger partial charge in [0.2, 0.25) is 0 Å². The maximum absolute atomic E-state index is 5.94. The van der Waals surface area contributed by atoms with Crippen molar-refractivity contribution in [2.75, 3.05) is 25.1 Å². The van der Waals surface area contributed by atoms with Crippen LogP contribution in [0, 0.1) is 0 Å². The van der Waals surface area contributed by atoms with Crippen LogP contribution in [0.5, 0.6) is 0 Å². The Morgan fingerprint density at radius 2 is 2.17 bits per heavy atom. The van der Waals surface area contributed by atoms with Crippen molar-refractivity contribution in [3.8, 4) is 0 Å². The van der Waals surface area contributed by atoms with E-state index in [1.54, 1.807) is 7.11 Å². The number of halogens is 1. The maximum Gasteiger partial charge on any atom is 0.298 e. The highest BCUT2D eigenvalue weighted by Gasteiger charge is 2.22. The molecule has 0 radical (unpaired) electrons. The smallest absolute Gasteiger partial charge is 0.298 e. The van der Waals surface area contributed by atoms with Crippen LogP contribution in [-0.2, 0) is 4.74 Å². The van der Waals surface area contributed by atoms with Gasteiger partial charge in [0.05, 0.1) is 6.10 Å². The van der Waals surface area contributed by atoms with Crippen molar-refractivity contribution < 1.29 is 9.15 Å². The first kappa shape index (κ1) is 11.8. The zero-order chi connectivity index (χ0) is 12.5. The molecule has 5 heteroatoms.